The summed E-state index contributed by atoms with van der Waals surface area (Å²) in [6, 6.07) is 10.6. The molecule has 0 radical (unpaired) electrons. The van der Waals surface area contributed by atoms with E-state index in [0.29, 0.717) is 12.6 Å². The minimum absolute atomic E-state index is 0.306. The lowest BCUT2D eigenvalue weighted by Gasteiger charge is -2.15. The fraction of sp³-hybridized carbons (Fsp3) is 0.286. The minimum atomic E-state index is 0.306. The van der Waals surface area contributed by atoms with Crippen molar-refractivity contribution in [1.29, 1.82) is 0 Å². The smallest absolute Gasteiger partial charge is 0.119 e. The van der Waals surface area contributed by atoms with Crippen molar-refractivity contribution in [3.05, 3.63) is 46.7 Å². The van der Waals surface area contributed by atoms with Crippen molar-refractivity contribution in [3.63, 3.8) is 0 Å². The molecule has 0 saturated carbocycles. The number of hydrogen-bond donors (Lipinski definition) is 1. The number of benzene rings is 1. The number of nitrogens with one attached hydrogen (secondary N) is 1. The molecule has 0 fully saturated rings. The average Bonchev–Trinajstić information content (AvgIpc) is 2.83. The first kappa shape index (κ1) is 12.0. The van der Waals surface area contributed by atoms with Crippen LogP contribution >= 0.6 is 11.3 Å². The largest absolute Gasteiger partial charge is 0.494 e. The highest BCUT2D eigenvalue weighted by molar-refractivity contribution is 7.08. The molecule has 2 aromatic rings. The first-order valence-electron chi connectivity index (χ1n) is 5.81. The van der Waals surface area contributed by atoms with Gasteiger partial charge < -0.3 is 10.1 Å². The van der Waals surface area contributed by atoms with Gasteiger partial charge in [0.05, 0.1) is 6.61 Å². The fourth-order valence-corrected chi connectivity index (χ4v) is 2.30. The van der Waals surface area contributed by atoms with Crippen molar-refractivity contribution >= 4 is 17.0 Å². The lowest BCUT2D eigenvalue weighted by Crippen LogP contribution is -2.05. The van der Waals surface area contributed by atoms with Crippen LogP contribution in [0.1, 0.15) is 25.5 Å². The monoisotopic (exact) mass is 247 g/mol. The zero-order valence-corrected chi connectivity index (χ0v) is 11.0. The topological polar surface area (TPSA) is 21.3 Å². The molecule has 0 amide bonds. The van der Waals surface area contributed by atoms with Gasteiger partial charge in [0.25, 0.3) is 0 Å². The highest BCUT2D eigenvalue weighted by Crippen LogP contribution is 2.22. The normalized spacial score (nSPS) is 12.1. The van der Waals surface area contributed by atoms with E-state index in [4.69, 9.17) is 4.74 Å². The van der Waals surface area contributed by atoms with Gasteiger partial charge in [-0.25, -0.2) is 0 Å². The first-order chi connectivity index (χ1) is 8.29. The van der Waals surface area contributed by atoms with Crippen molar-refractivity contribution in [2.75, 3.05) is 11.9 Å². The van der Waals surface area contributed by atoms with E-state index in [1.165, 1.54) is 11.3 Å². The van der Waals surface area contributed by atoms with Gasteiger partial charge in [0.2, 0.25) is 0 Å². The van der Waals surface area contributed by atoms with Gasteiger partial charge in [0.15, 0.2) is 0 Å². The molecule has 0 aliphatic rings. The second-order valence-corrected chi connectivity index (χ2v) is 4.66. The molecule has 90 valence electrons. The summed E-state index contributed by atoms with van der Waals surface area (Å²) < 4.78 is 5.43. The number of ether oxygens (including phenoxy) is 1. The van der Waals surface area contributed by atoms with E-state index in [1.807, 2.05) is 19.1 Å². The molecule has 0 aliphatic carbocycles. The summed E-state index contributed by atoms with van der Waals surface area (Å²) in [7, 11) is 0. The summed E-state index contributed by atoms with van der Waals surface area (Å²) in [4.78, 5) is 0. The second-order valence-electron chi connectivity index (χ2n) is 3.88. The lowest BCUT2D eigenvalue weighted by atomic mass is 10.1. The summed E-state index contributed by atoms with van der Waals surface area (Å²) in [5.41, 5.74) is 2.44. The molecular weight excluding hydrogens is 230 g/mol. The number of anilines is 1. The van der Waals surface area contributed by atoms with Crippen molar-refractivity contribution in [3.8, 4) is 5.75 Å². The SMILES string of the molecule is CCOc1ccc(C(C)Nc2ccsc2)cc1. The molecule has 0 aliphatic heterocycles. The van der Waals surface area contributed by atoms with Crippen molar-refractivity contribution in [1.82, 2.24) is 0 Å². The summed E-state index contributed by atoms with van der Waals surface area (Å²) in [5.74, 6) is 0.930. The van der Waals surface area contributed by atoms with Crippen LogP contribution in [-0.2, 0) is 0 Å². The predicted molar refractivity (Wildman–Crippen MR) is 74.0 cm³/mol. The van der Waals surface area contributed by atoms with Crippen LogP contribution in [0.15, 0.2) is 41.1 Å². The van der Waals surface area contributed by atoms with Gasteiger partial charge in [-0.3, -0.25) is 0 Å². The highest BCUT2D eigenvalue weighted by atomic mass is 32.1. The number of hydrogen-bond acceptors (Lipinski definition) is 3. The van der Waals surface area contributed by atoms with Crippen LogP contribution in [0.25, 0.3) is 0 Å². The van der Waals surface area contributed by atoms with Crippen LogP contribution in [0.2, 0.25) is 0 Å². The van der Waals surface area contributed by atoms with Gasteiger partial charge in [-0.1, -0.05) is 12.1 Å². The Kier molecular flexibility index (Phi) is 4.04. The Morgan fingerprint density at radius 3 is 2.59 bits per heavy atom. The van der Waals surface area contributed by atoms with Crippen LogP contribution in [0.5, 0.6) is 5.75 Å². The van der Waals surface area contributed by atoms with E-state index in [1.54, 1.807) is 11.3 Å². The van der Waals surface area contributed by atoms with Crippen LogP contribution in [-0.4, -0.2) is 6.61 Å². The summed E-state index contributed by atoms with van der Waals surface area (Å²) in [6.07, 6.45) is 0. The molecule has 1 heterocycles. The van der Waals surface area contributed by atoms with Crippen molar-refractivity contribution in [2.24, 2.45) is 0 Å². The van der Waals surface area contributed by atoms with E-state index in [-0.39, 0.29) is 0 Å². The molecular formula is C14H17NOS. The summed E-state index contributed by atoms with van der Waals surface area (Å²) in [6.45, 7) is 4.87. The number of rotatable bonds is 5. The van der Waals surface area contributed by atoms with E-state index < -0.39 is 0 Å². The standard InChI is InChI=1S/C14H17NOS/c1-3-16-14-6-4-12(5-7-14)11(2)15-13-8-9-17-10-13/h4-11,15H,3H2,1-2H3. The number of thiophene rings is 1. The second kappa shape index (κ2) is 5.73. The van der Waals surface area contributed by atoms with Gasteiger partial charge in [0, 0.05) is 17.1 Å². The van der Waals surface area contributed by atoms with Crippen LogP contribution in [0.4, 0.5) is 5.69 Å². The molecule has 1 unspecified atom stereocenters. The Hall–Kier alpha value is -1.48. The molecule has 1 aromatic carbocycles. The molecule has 0 saturated heterocycles. The van der Waals surface area contributed by atoms with Gasteiger partial charge in [-0.05, 0) is 43.0 Å². The zero-order valence-electron chi connectivity index (χ0n) is 10.1. The Morgan fingerprint density at radius 1 is 1.24 bits per heavy atom. The molecule has 1 atom stereocenters. The molecule has 0 bridgehead atoms. The maximum atomic E-state index is 5.43. The maximum absolute atomic E-state index is 5.43. The molecule has 1 N–H and O–H groups in total. The molecule has 2 nitrogen and oxygen atoms in total. The maximum Gasteiger partial charge on any atom is 0.119 e. The minimum Gasteiger partial charge on any atom is -0.494 e. The Balaban J connectivity index is 2.01. The predicted octanol–water partition coefficient (Wildman–Crippen LogP) is 4.32. The third-order valence-corrected chi connectivity index (χ3v) is 3.28. The average molecular weight is 247 g/mol. The van der Waals surface area contributed by atoms with Crippen molar-refractivity contribution < 1.29 is 4.74 Å². The van der Waals surface area contributed by atoms with Crippen LogP contribution in [0.3, 0.4) is 0 Å². The first-order valence-corrected chi connectivity index (χ1v) is 6.75. The molecule has 17 heavy (non-hydrogen) atoms. The highest BCUT2D eigenvalue weighted by Gasteiger charge is 2.05. The van der Waals surface area contributed by atoms with Crippen LogP contribution in [0, 0.1) is 0 Å². The van der Waals surface area contributed by atoms with E-state index in [9.17, 15) is 0 Å². The lowest BCUT2D eigenvalue weighted by molar-refractivity contribution is 0.340. The van der Waals surface area contributed by atoms with Gasteiger partial charge in [0.1, 0.15) is 5.75 Å². The summed E-state index contributed by atoms with van der Waals surface area (Å²) in [5, 5.41) is 7.65. The van der Waals surface area contributed by atoms with Crippen LogP contribution < -0.4 is 10.1 Å². The third kappa shape index (κ3) is 3.24. The van der Waals surface area contributed by atoms with Gasteiger partial charge in [-0.2, -0.15) is 11.3 Å². The summed E-state index contributed by atoms with van der Waals surface area (Å²) >= 11 is 1.70. The molecule has 3 heteroatoms. The van der Waals surface area contributed by atoms with Gasteiger partial charge >= 0.3 is 0 Å². The van der Waals surface area contributed by atoms with Gasteiger partial charge in [-0.15, -0.1) is 0 Å². The fourth-order valence-electron chi connectivity index (χ4n) is 1.70. The van der Waals surface area contributed by atoms with E-state index >= 15 is 0 Å². The third-order valence-electron chi connectivity index (χ3n) is 2.60. The molecule has 2 rings (SSSR count). The zero-order chi connectivity index (χ0) is 12.1. The Labute approximate surface area is 106 Å². The van der Waals surface area contributed by atoms with E-state index in [0.717, 1.165) is 5.75 Å². The molecule has 1 aromatic heterocycles. The Bertz CT molecular complexity index is 436. The molecule has 0 spiro atoms. The quantitative estimate of drug-likeness (QED) is 0.849. The van der Waals surface area contributed by atoms with E-state index in [2.05, 4.69) is 41.2 Å². The van der Waals surface area contributed by atoms with Crippen molar-refractivity contribution in [2.45, 2.75) is 19.9 Å². The Morgan fingerprint density at radius 2 is 2.00 bits per heavy atom.